The largest absolute Gasteiger partial charge is 0.491 e. The van der Waals surface area contributed by atoms with Crippen molar-refractivity contribution < 1.29 is 26.7 Å². The van der Waals surface area contributed by atoms with Crippen LogP contribution in [0.4, 0.5) is 14.6 Å². The van der Waals surface area contributed by atoms with Crippen LogP contribution in [0.2, 0.25) is 0 Å². The Morgan fingerprint density at radius 2 is 1.80 bits per heavy atom. The van der Waals surface area contributed by atoms with Crippen molar-refractivity contribution in [1.29, 1.82) is 0 Å². The molecule has 0 spiro atoms. The number of rotatable bonds is 6. The fourth-order valence-corrected chi connectivity index (χ4v) is 7.73. The van der Waals surface area contributed by atoms with Gasteiger partial charge in [0.1, 0.15) is 17.0 Å². The Labute approximate surface area is 255 Å². The van der Waals surface area contributed by atoms with E-state index in [1.807, 2.05) is 4.90 Å². The number of carbonyl (C=O) groups is 1. The van der Waals surface area contributed by atoms with E-state index in [0.717, 1.165) is 31.2 Å². The van der Waals surface area contributed by atoms with Crippen LogP contribution >= 0.6 is 0 Å². The zero-order valence-electron chi connectivity index (χ0n) is 24.1. The van der Waals surface area contributed by atoms with E-state index < -0.39 is 27.2 Å². The van der Waals surface area contributed by atoms with Gasteiger partial charge >= 0.3 is 0 Å². The Morgan fingerprint density at radius 3 is 2.38 bits per heavy atom. The van der Waals surface area contributed by atoms with E-state index in [1.165, 1.54) is 30.3 Å². The first-order chi connectivity index (χ1) is 21.5. The van der Waals surface area contributed by atoms with Crippen LogP contribution in [0.5, 0.6) is 5.75 Å². The number of hydrogen-bond acceptors (Lipinski definition) is 10. The first-order valence-electron chi connectivity index (χ1n) is 14.1. The molecule has 1 aromatic carbocycles. The number of aromatic amines is 1. The van der Waals surface area contributed by atoms with E-state index in [-0.39, 0.29) is 46.0 Å². The molecule has 13 nitrogen and oxygen atoms in total. The number of nitrogen functional groups attached to an aromatic ring is 1. The number of ether oxygens (including phenoxy) is 1. The highest BCUT2D eigenvalue weighted by Crippen LogP contribution is 2.45. The predicted octanol–water partition coefficient (Wildman–Crippen LogP) is 3.40. The van der Waals surface area contributed by atoms with Gasteiger partial charge in [-0.15, -0.1) is 10.2 Å². The van der Waals surface area contributed by atoms with Gasteiger partial charge in [0.25, 0.3) is 5.91 Å². The molecule has 6 heterocycles. The van der Waals surface area contributed by atoms with Crippen molar-refractivity contribution in [2.75, 3.05) is 19.1 Å². The van der Waals surface area contributed by atoms with Crippen LogP contribution in [0.1, 0.15) is 47.9 Å². The highest BCUT2D eigenvalue weighted by atomic mass is 32.2. The lowest BCUT2D eigenvalue weighted by Crippen LogP contribution is -2.46. The lowest BCUT2D eigenvalue weighted by Gasteiger charge is -2.38. The molecular weight excluding hydrogens is 608 g/mol. The minimum atomic E-state index is -3.82. The number of halogens is 2. The van der Waals surface area contributed by atoms with Gasteiger partial charge in [-0.3, -0.25) is 9.78 Å². The van der Waals surface area contributed by atoms with Gasteiger partial charge < -0.3 is 20.4 Å². The number of methoxy groups -OCH3 is 1. The van der Waals surface area contributed by atoms with Gasteiger partial charge in [0.05, 0.1) is 24.7 Å². The lowest BCUT2D eigenvalue weighted by atomic mass is 9.87. The van der Waals surface area contributed by atoms with Crippen molar-refractivity contribution in [3.63, 3.8) is 0 Å². The molecule has 45 heavy (non-hydrogen) atoms. The minimum Gasteiger partial charge on any atom is -0.491 e. The van der Waals surface area contributed by atoms with E-state index in [4.69, 9.17) is 15.5 Å². The number of piperidine rings is 1. The van der Waals surface area contributed by atoms with Crippen LogP contribution in [0, 0.1) is 11.6 Å². The summed E-state index contributed by atoms with van der Waals surface area (Å²) in [5.74, 6) is -2.61. The molecule has 4 aromatic heterocycles. The smallest absolute Gasteiger partial charge is 0.292 e. The minimum absolute atomic E-state index is 0.0648. The number of carbonyl (C=O) groups excluding carboxylic acids is 1. The van der Waals surface area contributed by atoms with Crippen molar-refractivity contribution >= 4 is 27.2 Å². The molecule has 2 aliphatic rings. The lowest BCUT2D eigenvalue weighted by molar-refractivity contribution is 0.0556. The summed E-state index contributed by atoms with van der Waals surface area (Å²) in [6.45, 7) is 0. The van der Waals surface area contributed by atoms with Crippen LogP contribution in [-0.4, -0.2) is 79.4 Å². The highest BCUT2D eigenvalue weighted by Gasteiger charge is 2.46. The van der Waals surface area contributed by atoms with Crippen LogP contribution < -0.4 is 10.5 Å². The van der Waals surface area contributed by atoms with Crippen LogP contribution in [0.3, 0.4) is 0 Å². The number of aromatic nitrogens is 7. The Hall–Kier alpha value is -4.99. The van der Waals surface area contributed by atoms with Gasteiger partial charge in [-0.25, -0.2) is 22.2 Å². The zero-order chi connectivity index (χ0) is 31.6. The van der Waals surface area contributed by atoms with Gasteiger partial charge in [0.2, 0.25) is 5.82 Å². The number of sulfone groups is 1. The quantitative estimate of drug-likeness (QED) is 0.281. The van der Waals surface area contributed by atoms with E-state index >= 15 is 0 Å². The van der Waals surface area contributed by atoms with E-state index in [2.05, 4.69) is 25.3 Å². The number of H-pyrrole nitrogens is 1. The Balaban J connectivity index is 1.26. The predicted molar refractivity (Wildman–Crippen MR) is 157 cm³/mol. The van der Waals surface area contributed by atoms with Gasteiger partial charge in [0.15, 0.2) is 32.9 Å². The number of fused-ring (bicyclic) bond motifs is 3. The van der Waals surface area contributed by atoms with Gasteiger partial charge in [-0.05, 0) is 43.9 Å². The van der Waals surface area contributed by atoms with Crippen molar-refractivity contribution in [2.24, 2.45) is 0 Å². The Kier molecular flexibility index (Phi) is 6.76. The summed E-state index contributed by atoms with van der Waals surface area (Å²) in [6, 6.07) is 5.32. The second-order valence-corrected chi connectivity index (χ2v) is 13.2. The summed E-state index contributed by atoms with van der Waals surface area (Å²) in [7, 11) is -2.64. The number of nitrogens with one attached hydrogen (secondary N) is 1. The molecule has 5 aromatic rings. The normalized spacial score (nSPS) is 19.7. The average Bonchev–Trinajstić information content (AvgIpc) is 3.75. The Morgan fingerprint density at radius 1 is 1.09 bits per heavy atom. The molecule has 2 saturated heterocycles. The van der Waals surface area contributed by atoms with Gasteiger partial charge in [0, 0.05) is 47.1 Å². The van der Waals surface area contributed by atoms with Crippen molar-refractivity contribution in [3.05, 3.63) is 66.1 Å². The highest BCUT2D eigenvalue weighted by molar-refractivity contribution is 7.91. The van der Waals surface area contributed by atoms with Gasteiger partial charge in [-0.2, -0.15) is 9.61 Å². The third-order valence-electron chi connectivity index (χ3n) is 8.58. The van der Waals surface area contributed by atoms with E-state index in [0.29, 0.717) is 41.0 Å². The first-order valence-corrected chi connectivity index (χ1v) is 16.0. The fourth-order valence-electron chi connectivity index (χ4n) is 6.67. The SMILES string of the molecule is COc1c(F)cc(-c2ccc(-c3cnn4c(N)c(S(C)(=O)=O)c([C@@H]5C[C@H]6CC[C@@H](C5)N6C(=O)c5nnc[nH]5)nc34)cn2)cc1F. The number of benzene rings is 1. The van der Waals surface area contributed by atoms with Crippen molar-refractivity contribution in [2.45, 2.75) is 48.6 Å². The van der Waals surface area contributed by atoms with E-state index in [9.17, 15) is 22.0 Å². The molecular formula is C29H27F2N9O4S. The van der Waals surface area contributed by atoms with Crippen LogP contribution in [0.15, 0.2) is 47.9 Å². The number of hydrogen-bond donors (Lipinski definition) is 2. The summed E-state index contributed by atoms with van der Waals surface area (Å²) in [6.07, 6.45) is 8.00. The van der Waals surface area contributed by atoms with Crippen molar-refractivity contribution in [1.82, 2.24) is 39.7 Å². The molecule has 0 unspecified atom stereocenters. The number of amides is 1. The molecule has 7 rings (SSSR count). The molecule has 0 saturated carbocycles. The van der Waals surface area contributed by atoms with Crippen LogP contribution in [0.25, 0.3) is 28.0 Å². The molecule has 232 valence electrons. The number of nitrogens with zero attached hydrogens (tertiary/aromatic N) is 7. The molecule has 1 amide bonds. The Bertz CT molecular complexity index is 2030. The van der Waals surface area contributed by atoms with E-state index in [1.54, 1.807) is 12.1 Å². The number of pyridine rings is 1. The molecule has 2 aliphatic heterocycles. The maximum absolute atomic E-state index is 14.3. The molecule has 16 heteroatoms. The summed E-state index contributed by atoms with van der Waals surface area (Å²) >= 11 is 0. The summed E-state index contributed by atoms with van der Waals surface area (Å²) in [4.78, 5) is 26.9. The molecule has 3 atom stereocenters. The topological polar surface area (TPSA) is 174 Å². The second-order valence-electron chi connectivity index (χ2n) is 11.3. The number of anilines is 1. The summed E-state index contributed by atoms with van der Waals surface area (Å²) in [5, 5.41) is 11.9. The van der Waals surface area contributed by atoms with Crippen LogP contribution in [-0.2, 0) is 9.84 Å². The third-order valence-corrected chi connectivity index (χ3v) is 9.74. The second kappa shape index (κ2) is 10.6. The molecule has 2 bridgehead atoms. The fraction of sp³-hybridized carbons (Fsp3) is 0.310. The average molecular weight is 636 g/mol. The molecule has 2 fully saturated rings. The van der Waals surface area contributed by atoms with Gasteiger partial charge in [-0.1, -0.05) is 6.07 Å². The number of nitrogens with two attached hydrogens (primary N) is 1. The monoisotopic (exact) mass is 635 g/mol. The van der Waals surface area contributed by atoms with Crippen molar-refractivity contribution in [3.8, 4) is 28.1 Å². The molecule has 3 N–H and O–H groups in total. The third kappa shape index (κ3) is 4.75. The molecule has 0 radical (unpaired) electrons. The standard InChI is InChI=1S/C29H27F2N9O4S/c1-44-24-20(30)9-15(10-21(24)31)22-6-3-14(11-33-22)19-12-36-40-26(32)25(45(2,42)43)23(37-28(19)40)16-7-17-4-5-18(8-16)39(17)29(41)27-34-13-35-38-27/h3,6,9-13,16-18H,4-5,7-8,32H2,1-2H3,(H,34,35,38)/t16-,17-,18+. The maximum atomic E-state index is 14.3. The maximum Gasteiger partial charge on any atom is 0.292 e. The summed E-state index contributed by atoms with van der Waals surface area (Å²) < 4.78 is 60.8. The zero-order valence-corrected chi connectivity index (χ0v) is 24.9. The first kappa shape index (κ1) is 28.8. The molecule has 0 aliphatic carbocycles. The summed E-state index contributed by atoms with van der Waals surface area (Å²) in [5.41, 5.74) is 8.82.